The van der Waals surface area contributed by atoms with Gasteiger partial charge in [-0.15, -0.1) is 0 Å². The lowest BCUT2D eigenvalue weighted by atomic mass is 10.2. The molecule has 2 atom stereocenters. The van der Waals surface area contributed by atoms with Crippen molar-refractivity contribution in [3.05, 3.63) is 18.2 Å². The molecule has 0 radical (unpaired) electrons. The molecule has 2 aliphatic rings. The van der Waals surface area contributed by atoms with Crippen LogP contribution in [0.1, 0.15) is 6.42 Å². The van der Waals surface area contributed by atoms with Crippen LogP contribution in [-0.4, -0.2) is 51.3 Å². The molecule has 1 N–H and O–H groups in total. The van der Waals surface area contributed by atoms with E-state index in [2.05, 4.69) is 40.4 Å². The van der Waals surface area contributed by atoms with E-state index in [1.54, 1.807) is 7.11 Å². The zero-order valence-electron chi connectivity index (χ0n) is 11.3. The average Bonchev–Trinajstić information content (AvgIpc) is 2.96. The standard InChI is InChI=1S/C14H21N3O/c1-15-13-5-4-10(7-14(13)18-3)17-9-11-6-12(17)8-16(11)2/h4-5,7,11-12,15H,6,8-9H2,1-3H3. The lowest BCUT2D eigenvalue weighted by Crippen LogP contribution is -2.44. The molecular weight excluding hydrogens is 226 g/mol. The highest BCUT2D eigenvalue weighted by atomic mass is 16.5. The molecule has 2 heterocycles. The smallest absolute Gasteiger partial charge is 0.144 e. The molecule has 0 saturated carbocycles. The number of fused-ring (bicyclic) bond motifs is 2. The number of nitrogens with zero attached hydrogens (tertiary/aromatic N) is 2. The molecule has 2 fully saturated rings. The van der Waals surface area contributed by atoms with Crippen molar-refractivity contribution in [2.24, 2.45) is 0 Å². The van der Waals surface area contributed by atoms with Crippen molar-refractivity contribution in [3.63, 3.8) is 0 Å². The summed E-state index contributed by atoms with van der Waals surface area (Å²) in [6.07, 6.45) is 1.30. The molecule has 2 unspecified atom stereocenters. The Labute approximate surface area is 109 Å². The minimum atomic E-state index is 0.671. The van der Waals surface area contributed by atoms with Gasteiger partial charge in [0.15, 0.2) is 0 Å². The summed E-state index contributed by atoms with van der Waals surface area (Å²) < 4.78 is 5.44. The first-order chi connectivity index (χ1) is 8.72. The van der Waals surface area contributed by atoms with E-state index in [0.717, 1.165) is 24.0 Å². The van der Waals surface area contributed by atoms with Gasteiger partial charge in [-0.25, -0.2) is 0 Å². The fourth-order valence-corrected chi connectivity index (χ4v) is 3.25. The third-order valence-electron chi connectivity index (χ3n) is 4.30. The molecule has 4 heteroatoms. The SMILES string of the molecule is CNc1ccc(N2CC3CC2CN3C)cc1OC. The third kappa shape index (κ3) is 1.72. The number of hydrogen-bond donors (Lipinski definition) is 1. The van der Waals surface area contributed by atoms with Crippen molar-refractivity contribution >= 4 is 11.4 Å². The van der Waals surface area contributed by atoms with E-state index >= 15 is 0 Å². The molecule has 0 aromatic heterocycles. The molecule has 1 aromatic carbocycles. The number of methoxy groups -OCH3 is 1. The summed E-state index contributed by atoms with van der Waals surface area (Å²) in [5.74, 6) is 0.922. The molecule has 18 heavy (non-hydrogen) atoms. The van der Waals surface area contributed by atoms with Crippen molar-refractivity contribution in [2.75, 3.05) is 44.5 Å². The van der Waals surface area contributed by atoms with E-state index in [-0.39, 0.29) is 0 Å². The van der Waals surface area contributed by atoms with E-state index in [9.17, 15) is 0 Å². The lowest BCUT2D eigenvalue weighted by Gasteiger charge is -2.34. The van der Waals surface area contributed by atoms with Crippen molar-refractivity contribution in [1.82, 2.24) is 4.90 Å². The summed E-state index contributed by atoms with van der Waals surface area (Å²) in [4.78, 5) is 4.99. The average molecular weight is 247 g/mol. The van der Waals surface area contributed by atoms with Crippen LogP contribution in [0.2, 0.25) is 0 Å². The number of nitrogens with one attached hydrogen (secondary N) is 1. The third-order valence-corrected chi connectivity index (χ3v) is 4.30. The Kier molecular flexibility index (Phi) is 2.82. The molecule has 0 amide bonds. The van der Waals surface area contributed by atoms with Crippen LogP contribution in [0.15, 0.2) is 18.2 Å². The van der Waals surface area contributed by atoms with Crippen LogP contribution in [0.3, 0.4) is 0 Å². The van der Waals surface area contributed by atoms with Crippen molar-refractivity contribution < 1.29 is 4.74 Å². The van der Waals surface area contributed by atoms with Gasteiger partial charge in [0, 0.05) is 44.0 Å². The molecule has 1 aromatic rings. The Balaban J connectivity index is 1.86. The number of anilines is 2. The summed E-state index contributed by atoms with van der Waals surface area (Å²) in [6, 6.07) is 7.83. The Morgan fingerprint density at radius 2 is 2.11 bits per heavy atom. The molecule has 2 aliphatic heterocycles. The van der Waals surface area contributed by atoms with E-state index in [1.165, 1.54) is 18.7 Å². The number of benzene rings is 1. The predicted molar refractivity (Wildman–Crippen MR) is 74.7 cm³/mol. The zero-order valence-corrected chi connectivity index (χ0v) is 11.3. The molecule has 2 bridgehead atoms. The van der Waals surface area contributed by atoms with Crippen LogP contribution in [0.4, 0.5) is 11.4 Å². The van der Waals surface area contributed by atoms with Crippen LogP contribution >= 0.6 is 0 Å². The molecule has 2 saturated heterocycles. The first-order valence-electron chi connectivity index (χ1n) is 6.55. The molecule has 4 nitrogen and oxygen atoms in total. The fraction of sp³-hybridized carbons (Fsp3) is 0.571. The van der Waals surface area contributed by atoms with E-state index in [0.29, 0.717) is 6.04 Å². The number of likely N-dealkylation sites (tertiary alicyclic amines) is 1. The Morgan fingerprint density at radius 3 is 2.67 bits per heavy atom. The molecule has 0 spiro atoms. The molecule has 0 aliphatic carbocycles. The van der Waals surface area contributed by atoms with Crippen LogP contribution in [-0.2, 0) is 0 Å². The van der Waals surface area contributed by atoms with Gasteiger partial charge in [0.2, 0.25) is 0 Å². The summed E-state index contributed by atoms with van der Waals surface area (Å²) in [5.41, 5.74) is 2.33. The molecular formula is C14H21N3O. The highest BCUT2D eigenvalue weighted by Crippen LogP contribution is 2.36. The second-order valence-corrected chi connectivity index (χ2v) is 5.27. The highest BCUT2D eigenvalue weighted by Gasteiger charge is 2.41. The summed E-state index contributed by atoms with van der Waals surface area (Å²) in [6.45, 7) is 2.32. The van der Waals surface area contributed by atoms with Gasteiger partial charge in [0.1, 0.15) is 5.75 Å². The summed E-state index contributed by atoms with van der Waals surface area (Å²) in [5, 5.41) is 3.15. The van der Waals surface area contributed by atoms with Crippen LogP contribution in [0, 0.1) is 0 Å². The van der Waals surface area contributed by atoms with Crippen molar-refractivity contribution in [3.8, 4) is 5.75 Å². The second kappa shape index (κ2) is 4.35. The highest BCUT2D eigenvalue weighted by molar-refractivity contribution is 5.65. The van der Waals surface area contributed by atoms with E-state index in [4.69, 9.17) is 4.74 Å². The van der Waals surface area contributed by atoms with Gasteiger partial charge in [-0.1, -0.05) is 0 Å². The Hall–Kier alpha value is -1.42. The zero-order chi connectivity index (χ0) is 12.7. The molecule has 98 valence electrons. The van der Waals surface area contributed by atoms with Crippen molar-refractivity contribution in [2.45, 2.75) is 18.5 Å². The second-order valence-electron chi connectivity index (χ2n) is 5.27. The minimum absolute atomic E-state index is 0.671. The lowest BCUT2D eigenvalue weighted by molar-refractivity contribution is 0.292. The monoisotopic (exact) mass is 247 g/mol. The van der Waals surface area contributed by atoms with E-state index < -0.39 is 0 Å². The number of rotatable bonds is 3. The Morgan fingerprint density at radius 1 is 1.28 bits per heavy atom. The predicted octanol–water partition coefficient (Wildman–Crippen LogP) is 1.63. The van der Waals surface area contributed by atoms with Gasteiger partial charge in [0.05, 0.1) is 12.8 Å². The largest absolute Gasteiger partial charge is 0.495 e. The quantitative estimate of drug-likeness (QED) is 0.878. The minimum Gasteiger partial charge on any atom is -0.495 e. The Bertz CT molecular complexity index is 447. The summed E-state index contributed by atoms with van der Waals surface area (Å²) >= 11 is 0. The van der Waals surface area contributed by atoms with Gasteiger partial charge in [-0.05, 0) is 25.6 Å². The van der Waals surface area contributed by atoms with Gasteiger partial charge in [-0.2, -0.15) is 0 Å². The van der Waals surface area contributed by atoms with E-state index in [1.807, 2.05) is 7.05 Å². The maximum absolute atomic E-state index is 5.44. The van der Waals surface area contributed by atoms with Crippen LogP contribution in [0.25, 0.3) is 0 Å². The van der Waals surface area contributed by atoms with Gasteiger partial charge < -0.3 is 15.0 Å². The first kappa shape index (κ1) is 11.7. The number of hydrogen-bond acceptors (Lipinski definition) is 4. The maximum atomic E-state index is 5.44. The maximum Gasteiger partial charge on any atom is 0.144 e. The summed E-state index contributed by atoms with van der Waals surface area (Å²) in [7, 11) is 5.88. The topological polar surface area (TPSA) is 27.7 Å². The molecule has 3 rings (SSSR count). The van der Waals surface area contributed by atoms with Crippen LogP contribution < -0.4 is 15.0 Å². The number of piperazine rings is 1. The normalized spacial score (nSPS) is 26.7. The van der Waals surface area contributed by atoms with Crippen LogP contribution in [0.5, 0.6) is 5.75 Å². The van der Waals surface area contributed by atoms with Crippen molar-refractivity contribution in [1.29, 1.82) is 0 Å². The number of likely N-dealkylation sites (N-methyl/N-ethyl adjacent to an activating group) is 1. The fourth-order valence-electron chi connectivity index (χ4n) is 3.25. The van der Waals surface area contributed by atoms with Gasteiger partial charge in [-0.3, -0.25) is 4.90 Å². The first-order valence-corrected chi connectivity index (χ1v) is 6.55. The van der Waals surface area contributed by atoms with Gasteiger partial charge in [0.25, 0.3) is 0 Å². The van der Waals surface area contributed by atoms with Gasteiger partial charge >= 0.3 is 0 Å². The number of ether oxygens (including phenoxy) is 1.